The lowest BCUT2D eigenvalue weighted by atomic mass is 10.2. The summed E-state index contributed by atoms with van der Waals surface area (Å²) in [5.74, 6) is 1.58. The summed E-state index contributed by atoms with van der Waals surface area (Å²) >= 11 is 1.97. The number of halogens is 1. The molecule has 0 atom stereocenters. The molecule has 0 spiro atoms. The second kappa shape index (κ2) is 8.45. The van der Waals surface area contributed by atoms with Crippen LogP contribution in [0.1, 0.15) is 34.6 Å². The lowest BCUT2D eigenvalue weighted by molar-refractivity contribution is -0.153. The summed E-state index contributed by atoms with van der Waals surface area (Å²) in [5, 5.41) is 3.09. The Balaban J connectivity index is 0.00000400. The number of thioether (sulfide) groups is 1. The van der Waals surface area contributed by atoms with Gasteiger partial charge in [0.05, 0.1) is 0 Å². The van der Waals surface area contributed by atoms with Crippen LogP contribution in [0.25, 0.3) is 0 Å². The molecule has 0 saturated carbocycles. The fourth-order valence-corrected chi connectivity index (χ4v) is 3.17. The molecule has 7 heteroatoms. The highest BCUT2D eigenvalue weighted by Crippen LogP contribution is 2.29. The van der Waals surface area contributed by atoms with Gasteiger partial charge in [-0.3, -0.25) is 9.79 Å². The van der Waals surface area contributed by atoms with Crippen molar-refractivity contribution in [3.05, 3.63) is 0 Å². The van der Waals surface area contributed by atoms with Gasteiger partial charge in [-0.25, -0.2) is 0 Å². The number of esters is 1. The number of carbonyl (C=O) groups excluding carboxylic acids is 1. The molecule has 21 heavy (non-hydrogen) atoms. The molecular weight excluding hydrogens is 401 g/mol. The zero-order valence-corrected chi connectivity index (χ0v) is 17.0. The Hall–Kier alpha value is -0.180. The molecule has 1 aliphatic rings. The Labute approximate surface area is 149 Å². The first-order valence-corrected chi connectivity index (χ1v) is 7.93. The SMILES string of the molecule is CN=C(NCC(=O)OC(C)(C)C)N1CCSC(C)(C)C1.I. The van der Waals surface area contributed by atoms with Crippen LogP contribution >= 0.6 is 35.7 Å². The van der Waals surface area contributed by atoms with Crippen LogP contribution in [0.15, 0.2) is 4.99 Å². The van der Waals surface area contributed by atoms with Gasteiger partial charge >= 0.3 is 5.97 Å². The Morgan fingerprint density at radius 1 is 1.43 bits per heavy atom. The first-order chi connectivity index (χ1) is 9.13. The van der Waals surface area contributed by atoms with Gasteiger partial charge in [-0.1, -0.05) is 0 Å². The molecule has 0 aromatic carbocycles. The normalized spacial score (nSPS) is 18.8. The monoisotopic (exact) mass is 429 g/mol. The van der Waals surface area contributed by atoms with Crippen LogP contribution in [-0.4, -0.2) is 59.6 Å². The van der Waals surface area contributed by atoms with Gasteiger partial charge < -0.3 is 15.0 Å². The van der Waals surface area contributed by atoms with E-state index < -0.39 is 5.60 Å². The Morgan fingerprint density at radius 2 is 2.05 bits per heavy atom. The van der Waals surface area contributed by atoms with Gasteiger partial charge in [0.2, 0.25) is 0 Å². The fourth-order valence-electron chi connectivity index (χ4n) is 2.06. The molecule has 0 bridgehead atoms. The minimum atomic E-state index is -0.452. The number of rotatable bonds is 2. The predicted octanol–water partition coefficient (Wildman–Crippen LogP) is 2.35. The predicted molar refractivity (Wildman–Crippen MR) is 101 cm³/mol. The van der Waals surface area contributed by atoms with E-state index >= 15 is 0 Å². The van der Waals surface area contributed by atoms with E-state index in [0.29, 0.717) is 0 Å². The van der Waals surface area contributed by atoms with Crippen LogP contribution in [0, 0.1) is 0 Å². The van der Waals surface area contributed by atoms with Crippen LogP contribution in [0.3, 0.4) is 0 Å². The molecule has 0 unspecified atom stereocenters. The zero-order valence-electron chi connectivity index (χ0n) is 13.9. The number of hydrogen-bond acceptors (Lipinski definition) is 4. The molecular formula is C14H28IN3O2S. The molecule has 0 aromatic heterocycles. The molecule has 0 aliphatic carbocycles. The standard InChI is InChI=1S/C14H27N3O2S.HI/c1-13(2,3)19-11(18)9-16-12(15-6)17-7-8-20-14(4,5)10-17;/h7-10H2,1-6H3,(H,15,16);1H. The molecule has 1 saturated heterocycles. The van der Waals surface area contributed by atoms with Crippen LogP contribution in [-0.2, 0) is 9.53 Å². The minimum absolute atomic E-state index is 0. The third-order valence-corrected chi connectivity index (χ3v) is 4.05. The van der Waals surface area contributed by atoms with Crippen LogP contribution in [0.4, 0.5) is 0 Å². The van der Waals surface area contributed by atoms with E-state index in [1.54, 1.807) is 7.05 Å². The van der Waals surface area contributed by atoms with Crippen molar-refractivity contribution in [3.63, 3.8) is 0 Å². The van der Waals surface area contributed by atoms with Gasteiger partial charge in [0, 0.05) is 30.6 Å². The summed E-state index contributed by atoms with van der Waals surface area (Å²) in [6, 6.07) is 0. The molecule has 5 nitrogen and oxygen atoms in total. The first-order valence-electron chi connectivity index (χ1n) is 6.94. The smallest absolute Gasteiger partial charge is 0.325 e. The number of aliphatic imine (C=N–C) groups is 1. The number of nitrogens with one attached hydrogen (secondary N) is 1. The van der Waals surface area contributed by atoms with E-state index in [1.165, 1.54) is 0 Å². The number of ether oxygens (including phenoxy) is 1. The van der Waals surface area contributed by atoms with Gasteiger partial charge in [0.25, 0.3) is 0 Å². The van der Waals surface area contributed by atoms with Crippen LogP contribution in [0.5, 0.6) is 0 Å². The average Bonchev–Trinajstić information content (AvgIpc) is 2.26. The van der Waals surface area contributed by atoms with Gasteiger partial charge in [-0.2, -0.15) is 11.8 Å². The molecule has 0 radical (unpaired) electrons. The fraction of sp³-hybridized carbons (Fsp3) is 0.857. The lowest BCUT2D eigenvalue weighted by Crippen LogP contribution is -2.52. The summed E-state index contributed by atoms with van der Waals surface area (Å²) < 4.78 is 5.49. The Bertz CT molecular complexity index is 381. The van der Waals surface area contributed by atoms with Crippen molar-refractivity contribution in [3.8, 4) is 0 Å². The highest BCUT2D eigenvalue weighted by atomic mass is 127. The van der Waals surface area contributed by atoms with Crippen molar-refractivity contribution in [1.29, 1.82) is 0 Å². The van der Waals surface area contributed by atoms with Gasteiger partial charge in [0.1, 0.15) is 12.1 Å². The quantitative estimate of drug-likeness (QED) is 0.316. The van der Waals surface area contributed by atoms with Crippen molar-refractivity contribution >= 4 is 47.7 Å². The Kier molecular flexibility index (Phi) is 8.38. The minimum Gasteiger partial charge on any atom is -0.459 e. The largest absolute Gasteiger partial charge is 0.459 e. The lowest BCUT2D eigenvalue weighted by Gasteiger charge is -2.39. The number of nitrogens with zero attached hydrogens (tertiary/aromatic N) is 2. The zero-order chi connectivity index (χ0) is 15.4. The molecule has 1 rings (SSSR count). The number of hydrogen-bond donors (Lipinski definition) is 1. The van der Waals surface area contributed by atoms with E-state index in [-0.39, 0.29) is 41.2 Å². The highest BCUT2D eigenvalue weighted by Gasteiger charge is 2.29. The van der Waals surface area contributed by atoms with E-state index in [1.807, 2.05) is 32.5 Å². The van der Waals surface area contributed by atoms with E-state index in [2.05, 4.69) is 29.1 Å². The van der Waals surface area contributed by atoms with E-state index in [4.69, 9.17) is 4.74 Å². The summed E-state index contributed by atoms with van der Waals surface area (Å²) in [4.78, 5) is 18.2. The second-order valence-corrected chi connectivity index (χ2v) is 8.32. The number of carbonyl (C=O) groups is 1. The van der Waals surface area contributed by atoms with Crippen molar-refractivity contribution in [1.82, 2.24) is 10.2 Å². The molecule has 1 fully saturated rings. The van der Waals surface area contributed by atoms with E-state index in [0.717, 1.165) is 24.8 Å². The topological polar surface area (TPSA) is 53.9 Å². The Morgan fingerprint density at radius 3 is 2.52 bits per heavy atom. The molecule has 1 N–H and O–H groups in total. The summed E-state index contributed by atoms with van der Waals surface area (Å²) in [6.07, 6.45) is 0. The highest BCUT2D eigenvalue weighted by molar-refractivity contribution is 14.0. The summed E-state index contributed by atoms with van der Waals surface area (Å²) in [5.41, 5.74) is -0.452. The molecule has 1 aliphatic heterocycles. The van der Waals surface area contributed by atoms with Crippen LogP contribution < -0.4 is 5.32 Å². The molecule has 0 aromatic rings. The van der Waals surface area contributed by atoms with E-state index in [9.17, 15) is 4.79 Å². The third-order valence-electron chi connectivity index (χ3n) is 2.75. The molecule has 1 heterocycles. The van der Waals surface area contributed by atoms with Crippen LogP contribution in [0.2, 0.25) is 0 Å². The molecule has 0 amide bonds. The second-order valence-electron chi connectivity index (χ2n) is 6.52. The summed E-state index contributed by atoms with van der Waals surface area (Å²) in [7, 11) is 1.74. The third kappa shape index (κ3) is 8.13. The van der Waals surface area contributed by atoms with Gasteiger partial charge in [-0.15, -0.1) is 24.0 Å². The average molecular weight is 429 g/mol. The number of guanidine groups is 1. The van der Waals surface area contributed by atoms with Gasteiger partial charge in [-0.05, 0) is 34.6 Å². The van der Waals surface area contributed by atoms with Gasteiger partial charge in [0.15, 0.2) is 5.96 Å². The summed E-state index contributed by atoms with van der Waals surface area (Å²) in [6.45, 7) is 12.1. The molecule has 124 valence electrons. The maximum Gasteiger partial charge on any atom is 0.325 e. The van der Waals surface area contributed by atoms with Crippen molar-refractivity contribution in [2.45, 2.75) is 45.0 Å². The maximum absolute atomic E-state index is 11.7. The first kappa shape index (κ1) is 20.8. The van der Waals surface area contributed by atoms with Crippen molar-refractivity contribution in [2.24, 2.45) is 4.99 Å². The van der Waals surface area contributed by atoms with Crippen molar-refractivity contribution < 1.29 is 9.53 Å². The van der Waals surface area contributed by atoms with Crippen molar-refractivity contribution in [2.75, 3.05) is 32.4 Å². The maximum atomic E-state index is 11.7.